The van der Waals surface area contributed by atoms with E-state index in [1.165, 1.54) is 11.3 Å². The minimum Gasteiger partial charge on any atom is -0.454 e. The van der Waals surface area contributed by atoms with Crippen molar-refractivity contribution >= 4 is 17.4 Å². The van der Waals surface area contributed by atoms with Gasteiger partial charge in [0.1, 0.15) is 0 Å². The molecule has 0 bridgehead atoms. The molecule has 2 atom stereocenters. The lowest BCUT2D eigenvalue weighted by molar-refractivity contribution is 0.174. The number of amides is 2. The SMILES string of the molecule is CN1C[C@@H]2C[C@H](NC(=O)Nc3ccc4c(c3)OCO4)CN2Cc2ccccc21. The second-order valence-corrected chi connectivity index (χ2v) is 7.69. The van der Waals surface area contributed by atoms with E-state index in [2.05, 4.69) is 51.7 Å². The van der Waals surface area contributed by atoms with E-state index >= 15 is 0 Å². The van der Waals surface area contributed by atoms with Gasteiger partial charge in [-0.15, -0.1) is 0 Å². The summed E-state index contributed by atoms with van der Waals surface area (Å²) in [5.41, 5.74) is 3.35. The summed E-state index contributed by atoms with van der Waals surface area (Å²) in [5, 5.41) is 6.03. The molecule has 2 aromatic rings. The van der Waals surface area contributed by atoms with Crippen molar-refractivity contribution in [3.05, 3.63) is 48.0 Å². The van der Waals surface area contributed by atoms with Gasteiger partial charge in [0.25, 0.3) is 0 Å². The van der Waals surface area contributed by atoms with Crippen LogP contribution >= 0.6 is 0 Å². The van der Waals surface area contributed by atoms with Gasteiger partial charge < -0.3 is 25.0 Å². The molecule has 2 aromatic carbocycles. The highest BCUT2D eigenvalue weighted by Crippen LogP contribution is 2.34. The van der Waals surface area contributed by atoms with Crippen LogP contribution in [-0.2, 0) is 6.54 Å². The lowest BCUT2D eigenvalue weighted by atomic mass is 10.1. The van der Waals surface area contributed by atoms with Crippen molar-refractivity contribution in [3.8, 4) is 11.5 Å². The van der Waals surface area contributed by atoms with E-state index in [1.54, 1.807) is 6.07 Å². The van der Waals surface area contributed by atoms with Gasteiger partial charge in [-0.1, -0.05) is 18.2 Å². The summed E-state index contributed by atoms with van der Waals surface area (Å²) in [4.78, 5) is 17.3. The average molecular weight is 380 g/mol. The van der Waals surface area contributed by atoms with Crippen molar-refractivity contribution in [1.82, 2.24) is 10.2 Å². The number of benzene rings is 2. The Morgan fingerprint density at radius 1 is 1.11 bits per heavy atom. The molecule has 0 spiro atoms. The molecular weight excluding hydrogens is 356 g/mol. The number of para-hydroxylation sites is 1. The molecule has 1 fully saturated rings. The first-order chi connectivity index (χ1) is 13.7. The number of carbonyl (C=O) groups excluding carboxylic acids is 1. The fourth-order valence-electron chi connectivity index (χ4n) is 4.45. The molecule has 146 valence electrons. The van der Waals surface area contributed by atoms with Crippen LogP contribution in [0.3, 0.4) is 0 Å². The maximum absolute atomic E-state index is 12.5. The molecule has 0 unspecified atom stereocenters. The number of hydrogen-bond acceptors (Lipinski definition) is 5. The Morgan fingerprint density at radius 2 is 1.96 bits per heavy atom. The minimum atomic E-state index is -0.185. The first-order valence-electron chi connectivity index (χ1n) is 9.66. The smallest absolute Gasteiger partial charge is 0.319 e. The second kappa shape index (κ2) is 6.91. The monoisotopic (exact) mass is 380 g/mol. The van der Waals surface area contributed by atoms with Gasteiger partial charge in [0.2, 0.25) is 6.79 Å². The molecule has 2 N–H and O–H groups in total. The Hall–Kier alpha value is -2.93. The number of fused-ring (bicyclic) bond motifs is 3. The van der Waals surface area contributed by atoms with Crippen LogP contribution in [0.1, 0.15) is 12.0 Å². The Balaban J connectivity index is 1.22. The van der Waals surface area contributed by atoms with E-state index in [0.29, 0.717) is 23.2 Å². The van der Waals surface area contributed by atoms with Crippen LogP contribution in [0.15, 0.2) is 42.5 Å². The average Bonchev–Trinajstić information content (AvgIpc) is 3.25. The number of carbonyl (C=O) groups is 1. The van der Waals surface area contributed by atoms with Gasteiger partial charge in [0.05, 0.1) is 0 Å². The molecule has 0 radical (unpaired) electrons. The van der Waals surface area contributed by atoms with E-state index in [-0.39, 0.29) is 18.9 Å². The van der Waals surface area contributed by atoms with E-state index in [9.17, 15) is 4.79 Å². The van der Waals surface area contributed by atoms with Crippen LogP contribution < -0.4 is 25.0 Å². The summed E-state index contributed by atoms with van der Waals surface area (Å²) in [6, 6.07) is 14.4. The van der Waals surface area contributed by atoms with Gasteiger partial charge in [-0.2, -0.15) is 0 Å². The summed E-state index contributed by atoms with van der Waals surface area (Å²) in [7, 11) is 2.15. The molecular formula is C21H24N4O3. The van der Waals surface area contributed by atoms with Gasteiger partial charge in [0, 0.05) is 56.2 Å². The predicted octanol–water partition coefficient (Wildman–Crippen LogP) is 2.63. The summed E-state index contributed by atoms with van der Waals surface area (Å²) in [6.07, 6.45) is 0.951. The molecule has 3 heterocycles. The zero-order valence-corrected chi connectivity index (χ0v) is 15.9. The highest BCUT2D eigenvalue weighted by molar-refractivity contribution is 5.90. The molecule has 3 aliphatic heterocycles. The minimum absolute atomic E-state index is 0.137. The topological polar surface area (TPSA) is 66.1 Å². The number of ether oxygens (including phenoxy) is 2. The summed E-state index contributed by atoms with van der Waals surface area (Å²) in [5.74, 6) is 1.37. The summed E-state index contributed by atoms with van der Waals surface area (Å²) >= 11 is 0. The molecule has 0 saturated carbocycles. The lowest BCUT2D eigenvalue weighted by Gasteiger charge is -2.24. The van der Waals surface area contributed by atoms with E-state index in [0.717, 1.165) is 26.1 Å². The molecule has 2 amide bonds. The highest BCUT2D eigenvalue weighted by atomic mass is 16.7. The normalized spacial score (nSPS) is 23.0. The van der Waals surface area contributed by atoms with Crippen LogP contribution in [0, 0.1) is 0 Å². The number of nitrogens with one attached hydrogen (secondary N) is 2. The number of rotatable bonds is 2. The standard InChI is InChI=1S/C21H24N4O3/c1-24-12-17-8-16(11-25(17)10-14-4-2-3-5-18(14)24)23-21(26)22-15-6-7-19-20(9-15)28-13-27-19/h2-7,9,16-17H,8,10-13H2,1H3,(H2,22,23,26)/t16-,17-/m0/s1. The lowest BCUT2D eigenvalue weighted by Crippen LogP contribution is -2.39. The summed E-state index contributed by atoms with van der Waals surface area (Å²) < 4.78 is 10.7. The molecule has 7 heteroatoms. The van der Waals surface area contributed by atoms with Crippen LogP contribution in [0.25, 0.3) is 0 Å². The third-order valence-electron chi connectivity index (χ3n) is 5.75. The molecule has 0 aliphatic carbocycles. The molecule has 1 saturated heterocycles. The van der Waals surface area contributed by atoms with Crippen molar-refractivity contribution in [2.24, 2.45) is 0 Å². The summed E-state index contributed by atoms with van der Waals surface area (Å²) in [6.45, 7) is 2.98. The first kappa shape index (κ1) is 17.2. The maximum atomic E-state index is 12.5. The van der Waals surface area contributed by atoms with Crippen LogP contribution in [-0.4, -0.2) is 49.9 Å². The number of likely N-dealkylation sites (N-methyl/N-ethyl adjacent to an activating group) is 1. The third kappa shape index (κ3) is 3.22. The number of nitrogens with zero attached hydrogens (tertiary/aromatic N) is 2. The first-order valence-corrected chi connectivity index (χ1v) is 9.66. The van der Waals surface area contributed by atoms with Gasteiger partial charge >= 0.3 is 6.03 Å². The van der Waals surface area contributed by atoms with E-state index in [1.807, 2.05) is 12.1 Å². The molecule has 7 nitrogen and oxygen atoms in total. The van der Waals surface area contributed by atoms with Crippen LogP contribution in [0.4, 0.5) is 16.2 Å². The predicted molar refractivity (Wildman–Crippen MR) is 107 cm³/mol. The molecule has 28 heavy (non-hydrogen) atoms. The Kier molecular flexibility index (Phi) is 4.24. The number of anilines is 2. The maximum Gasteiger partial charge on any atom is 0.319 e. The van der Waals surface area contributed by atoms with Crippen LogP contribution in [0.2, 0.25) is 0 Å². The van der Waals surface area contributed by atoms with Gasteiger partial charge in [0.15, 0.2) is 11.5 Å². The highest BCUT2D eigenvalue weighted by Gasteiger charge is 2.36. The van der Waals surface area contributed by atoms with Crippen molar-refractivity contribution in [1.29, 1.82) is 0 Å². The Morgan fingerprint density at radius 3 is 2.89 bits per heavy atom. The van der Waals surface area contributed by atoms with Crippen molar-refractivity contribution in [2.75, 3.05) is 37.1 Å². The van der Waals surface area contributed by atoms with Gasteiger partial charge in [-0.25, -0.2) is 4.79 Å². The molecule has 5 rings (SSSR count). The zero-order chi connectivity index (χ0) is 19.1. The largest absolute Gasteiger partial charge is 0.454 e. The van der Waals surface area contributed by atoms with Gasteiger partial charge in [-0.3, -0.25) is 4.90 Å². The zero-order valence-electron chi connectivity index (χ0n) is 15.9. The van der Waals surface area contributed by atoms with E-state index < -0.39 is 0 Å². The quantitative estimate of drug-likeness (QED) is 0.839. The number of hydrogen-bond donors (Lipinski definition) is 2. The number of urea groups is 1. The van der Waals surface area contributed by atoms with Crippen molar-refractivity contribution in [3.63, 3.8) is 0 Å². The molecule has 0 aromatic heterocycles. The second-order valence-electron chi connectivity index (χ2n) is 7.69. The van der Waals surface area contributed by atoms with E-state index in [4.69, 9.17) is 9.47 Å². The van der Waals surface area contributed by atoms with Gasteiger partial charge in [-0.05, 0) is 30.2 Å². The Labute approximate surface area is 164 Å². The van der Waals surface area contributed by atoms with Crippen molar-refractivity contribution < 1.29 is 14.3 Å². The Bertz CT molecular complexity index is 903. The van der Waals surface area contributed by atoms with Crippen molar-refractivity contribution in [2.45, 2.75) is 25.0 Å². The molecule has 3 aliphatic rings. The fourth-order valence-corrected chi connectivity index (χ4v) is 4.45. The third-order valence-corrected chi connectivity index (χ3v) is 5.75. The fraction of sp³-hybridized carbons (Fsp3) is 0.381. The van der Waals surface area contributed by atoms with Crippen LogP contribution in [0.5, 0.6) is 11.5 Å².